The van der Waals surface area contributed by atoms with Gasteiger partial charge in [0.1, 0.15) is 0 Å². The third kappa shape index (κ3) is 4.64. The normalized spacial score (nSPS) is 30.2. The molecule has 0 saturated heterocycles. The zero-order valence-electron chi connectivity index (χ0n) is 11.3. The Balaban J connectivity index is 2.19. The van der Waals surface area contributed by atoms with E-state index in [-0.39, 0.29) is 0 Å². The summed E-state index contributed by atoms with van der Waals surface area (Å²) in [5, 5.41) is 4.57. The Kier molecular flexibility index (Phi) is 6.78. The number of hydrogen-bond acceptors (Lipinski definition) is 3. The second-order valence-electron chi connectivity index (χ2n) is 5.21. The number of hydrogen-bond donors (Lipinski definition) is 1. The standard InChI is InChI=1S/C13H28N2S/c1-5-8-14-12-6-7-13(11(12)2)16-10-9-15(3)4/h11-14H,5-10H2,1-4H3. The van der Waals surface area contributed by atoms with Crippen molar-refractivity contribution >= 4 is 11.8 Å². The lowest BCUT2D eigenvalue weighted by atomic mass is 10.1. The van der Waals surface area contributed by atoms with E-state index < -0.39 is 0 Å². The van der Waals surface area contributed by atoms with Gasteiger partial charge >= 0.3 is 0 Å². The molecule has 0 aromatic carbocycles. The van der Waals surface area contributed by atoms with Crippen LogP contribution in [0.3, 0.4) is 0 Å². The van der Waals surface area contributed by atoms with E-state index in [1.165, 1.54) is 38.1 Å². The van der Waals surface area contributed by atoms with Crippen molar-refractivity contribution in [2.75, 3.05) is 32.9 Å². The summed E-state index contributed by atoms with van der Waals surface area (Å²) in [6.45, 7) is 7.06. The lowest BCUT2D eigenvalue weighted by Crippen LogP contribution is -2.34. The van der Waals surface area contributed by atoms with Crippen molar-refractivity contribution in [3.63, 3.8) is 0 Å². The van der Waals surface area contributed by atoms with Crippen LogP contribution < -0.4 is 5.32 Å². The van der Waals surface area contributed by atoms with E-state index in [0.29, 0.717) is 0 Å². The summed E-state index contributed by atoms with van der Waals surface area (Å²) < 4.78 is 0. The van der Waals surface area contributed by atoms with Crippen LogP contribution in [0.5, 0.6) is 0 Å². The number of nitrogens with one attached hydrogen (secondary N) is 1. The fourth-order valence-corrected chi connectivity index (χ4v) is 3.94. The molecule has 0 aromatic rings. The van der Waals surface area contributed by atoms with Crippen LogP contribution in [-0.4, -0.2) is 49.1 Å². The molecule has 1 saturated carbocycles. The van der Waals surface area contributed by atoms with Gasteiger partial charge in [-0.15, -0.1) is 0 Å². The van der Waals surface area contributed by atoms with Gasteiger partial charge in [-0.25, -0.2) is 0 Å². The van der Waals surface area contributed by atoms with E-state index >= 15 is 0 Å². The average molecular weight is 244 g/mol. The van der Waals surface area contributed by atoms with E-state index in [0.717, 1.165) is 17.2 Å². The van der Waals surface area contributed by atoms with Crippen molar-refractivity contribution in [3.8, 4) is 0 Å². The van der Waals surface area contributed by atoms with E-state index in [9.17, 15) is 0 Å². The number of thioether (sulfide) groups is 1. The molecule has 0 amide bonds. The maximum absolute atomic E-state index is 3.69. The van der Waals surface area contributed by atoms with Gasteiger partial charge in [0.25, 0.3) is 0 Å². The van der Waals surface area contributed by atoms with Crippen LogP contribution in [0.25, 0.3) is 0 Å². The van der Waals surface area contributed by atoms with E-state index in [1.54, 1.807) is 0 Å². The molecule has 1 aliphatic rings. The summed E-state index contributed by atoms with van der Waals surface area (Å²) in [5.74, 6) is 2.13. The molecular weight excluding hydrogens is 216 g/mol. The molecular formula is C13H28N2S. The summed E-state index contributed by atoms with van der Waals surface area (Å²) in [7, 11) is 4.31. The van der Waals surface area contributed by atoms with Crippen molar-refractivity contribution in [2.24, 2.45) is 5.92 Å². The molecule has 1 aliphatic carbocycles. The Labute approximate surface area is 106 Å². The summed E-state index contributed by atoms with van der Waals surface area (Å²) >= 11 is 2.18. The van der Waals surface area contributed by atoms with Gasteiger partial charge in [-0.2, -0.15) is 11.8 Å². The average Bonchev–Trinajstić information content (AvgIpc) is 2.57. The summed E-state index contributed by atoms with van der Waals surface area (Å²) in [5.41, 5.74) is 0. The third-order valence-electron chi connectivity index (χ3n) is 3.51. The Morgan fingerprint density at radius 3 is 2.69 bits per heavy atom. The first-order valence-electron chi connectivity index (χ1n) is 6.64. The van der Waals surface area contributed by atoms with Crippen molar-refractivity contribution in [3.05, 3.63) is 0 Å². The van der Waals surface area contributed by atoms with Gasteiger partial charge in [-0.3, -0.25) is 0 Å². The highest BCUT2D eigenvalue weighted by molar-refractivity contribution is 7.99. The molecule has 0 bridgehead atoms. The van der Waals surface area contributed by atoms with Crippen LogP contribution >= 0.6 is 11.8 Å². The maximum Gasteiger partial charge on any atom is 0.0104 e. The van der Waals surface area contributed by atoms with Crippen LogP contribution in [0.4, 0.5) is 0 Å². The molecule has 1 N–H and O–H groups in total. The molecule has 0 spiro atoms. The molecule has 2 nitrogen and oxygen atoms in total. The monoisotopic (exact) mass is 244 g/mol. The van der Waals surface area contributed by atoms with Crippen LogP contribution in [0, 0.1) is 5.92 Å². The molecule has 1 rings (SSSR count). The molecule has 0 radical (unpaired) electrons. The largest absolute Gasteiger partial charge is 0.314 e. The predicted molar refractivity (Wildman–Crippen MR) is 75.3 cm³/mol. The van der Waals surface area contributed by atoms with Gasteiger partial charge in [-0.1, -0.05) is 13.8 Å². The smallest absolute Gasteiger partial charge is 0.0104 e. The minimum absolute atomic E-state index is 0.775. The fraction of sp³-hybridized carbons (Fsp3) is 1.00. The van der Waals surface area contributed by atoms with E-state index in [2.05, 4.69) is 49.9 Å². The Morgan fingerprint density at radius 1 is 1.31 bits per heavy atom. The first-order chi connectivity index (χ1) is 7.65. The van der Waals surface area contributed by atoms with Crippen LogP contribution in [0.1, 0.15) is 33.1 Å². The van der Waals surface area contributed by atoms with Gasteiger partial charge in [0.2, 0.25) is 0 Å². The van der Waals surface area contributed by atoms with E-state index in [4.69, 9.17) is 0 Å². The quantitative estimate of drug-likeness (QED) is 0.740. The first-order valence-corrected chi connectivity index (χ1v) is 7.69. The van der Waals surface area contributed by atoms with Gasteiger partial charge in [0.05, 0.1) is 0 Å². The SMILES string of the molecule is CCCNC1CCC(SCCN(C)C)C1C. The molecule has 96 valence electrons. The summed E-state index contributed by atoms with van der Waals surface area (Å²) in [6.07, 6.45) is 4.03. The maximum atomic E-state index is 3.69. The van der Waals surface area contributed by atoms with Crippen molar-refractivity contribution in [1.29, 1.82) is 0 Å². The zero-order chi connectivity index (χ0) is 12.0. The summed E-state index contributed by atoms with van der Waals surface area (Å²) in [6, 6.07) is 0.775. The van der Waals surface area contributed by atoms with Gasteiger partial charge in [-0.05, 0) is 45.8 Å². The summed E-state index contributed by atoms with van der Waals surface area (Å²) in [4.78, 5) is 2.28. The highest BCUT2D eigenvalue weighted by atomic mass is 32.2. The lowest BCUT2D eigenvalue weighted by Gasteiger charge is -2.22. The minimum Gasteiger partial charge on any atom is -0.314 e. The topological polar surface area (TPSA) is 15.3 Å². The number of rotatable bonds is 7. The number of nitrogens with zero attached hydrogens (tertiary/aromatic N) is 1. The first kappa shape index (κ1) is 14.3. The lowest BCUT2D eigenvalue weighted by molar-refractivity contribution is 0.428. The van der Waals surface area contributed by atoms with Crippen LogP contribution in [0.15, 0.2) is 0 Å². The molecule has 3 unspecified atom stereocenters. The van der Waals surface area contributed by atoms with Crippen molar-refractivity contribution in [2.45, 2.75) is 44.4 Å². The van der Waals surface area contributed by atoms with Gasteiger partial charge in [0.15, 0.2) is 0 Å². The van der Waals surface area contributed by atoms with Gasteiger partial charge < -0.3 is 10.2 Å². The molecule has 1 fully saturated rings. The zero-order valence-corrected chi connectivity index (χ0v) is 12.1. The second-order valence-corrected chi connectivity index (χ2v) is 6.56. The van der Waals surface area contributed by atoms with Crippen molar-refractivity contribution in [1.82, 2.24) is 10.2 Å². The Bertz CT molecular complexity index is 185. The molecule has 16 heavy (non-hydrogen) atoms. The molecule has 3 heteroatoms. The fourth-order valence-electron chi connectivity index (χ4n) is 2.37. The van der Waals surface area contributed by atoms with Gasteiger partial charge in [0, 0.05) is 23.6 Å². The highest BCUT2D eigenvalue weighted by Gasteiger charge is 2.32. The van der Waals surface area contributed by atoms with E-state index in [1.807, 2.05) is 0 Å². The third-order valence-corrected chi connectivity index (χ3v) is 5.02. The Morgan fingerprint density at radius 2 is 2.06 bits per heavy atom. The molecule has 3 atom stereocenters. The minimum atomic E-state index is 0.775. The molecule has 0 aromatic heterocycles. The highest BCUT2D eigenvalue weighted by Crippen LogP contribution is 2.34. The van der Waals surface area contributed by atoms with Crippen LogP contribution in [0.2, 0.25) is 0 Å². The second kappa shape index (κ2) is 7.57. The predicted octanol–water partition coefficient (Wildman–Crippen LogP) is 2.45. The van der Waals surface area contributed by atoms with Crippen LogP contribution in [-0.2, 0) is 0 Å². The molecule has 0 heterocycles. The Hall–Kier alpha value is 0.270. The van der Waals surface area contributed by atoms with Crippen molar-refractivity contribution < 1.29 is 0 Å². The molecule has 0 aliphatic heterocycles.